The summed E-state index contributed by atoms with van der Waals surface area (Å²) < 4.78 is 6.94. The lowest BCUT2D eigenvalue weighted by molar-refractivity contribution is -0.142. The Balaban J connectivity index is 1.58. The lowest BCUT2D eigenvalue weighted by Crippen LogP contribution is -2.33. The van der Waals surface area contributed by atoms with Crippen molar-refractivity contribution in [2.45, 2.75) is 26.2 Å². The number of anilines is 1. The number of esters is 1. The van der Waals surface area contributed by atoms with Crippen molar-refractivity contribution in [3.8, 4) is 0 Å². The van der Waals surface area contributed by atoms with Crippen LogP contribution in [0, 0.1) is 5.41 Å². The van der Waals surface area contributed by atoms with Crippen molar-refractivity contribution in [2.75, 3.05) is 18.1 Å². The Kier molecular flexibility index (Phi) is 8.56. The molecule has 0 fully saturated rings. The number of ketones is 1. The number of rotatable bonds is 11. The minimum Gasteiger partial charge on any atom is -0.466 e. The lowest BCUT2D eigenvalue weighted by atomic mass is 10.00. The highest BCUT2D eigenvalue weighted by molar-refractivity contribution is 6.12. The van der Waals surface area contributed by atoms with Crippen molar-refractivity contribution in [1.29, 1.82) is 5.41 Å². The van der Waals surface area contributed by atoms with E-state index in [1.165, 1.54) is 0 Å². The minimum atomic E-state index is -0.367. The Morgan fingerprint density at radius 1 is 0.949 bits per heavy atom. The van der Waals surface area contributed by atoms with Gasteiger partial charge < -0.3 is 19.9 Å². The van der Waals surface area contributed by atoms with Crippen molar-refractivity contribution < 1.29 is 19.1 Å². The van der Waals surface area contributed by atoms with Gasteiger partial charge in [0, 0.05) is 59.5 Å². The number of benzene rings is 3. The van der Waals surface area contributed by atoms with Gasteiger partial charge in [-0.1, -0.05) is 42.5 Å². The molecule has 0 radical (unpaired) electrons. The molecule has 3 N–H and O–H groups in total. The Bertz CT molecular complexity index is 1510. The standard InChI is InChI=1S/C31H32N4O4/c1-3-39-29(37)17-18-35(24-7-5-4-6-8-24)31(38)23-14-15-27-25(19-23)26(20-34(27)2)28(36)16-11-21-9-12-22(13-10-21)30(32)33/h4-10,12-15,19-20H,3,11,16-18H2,1-2H3,(H3,32,33). The number of nitrogens with one attached hydrogen (secondary N) is 1. The number of carbonyl (C=O) groups excluding carboxylic acids is 3. The first-order valence-electron chi connectivity index (χ1n) is 12.9. The molecule has 4 aromatic rings. The number of nitrogen functional groups attached to an aromatic ring is 1. The molecule has 0 spiro atoms. The fourth-order valence-corrected chi connectivity index (χ4v) is 4.54. The van der Waals surface area contributed by atoms with Gasteiger partial charge in [-0.25, -0.2) is 0 Å². The van der Waals surface area contributed by atoms with Gasteiger partial charge in [0.1, 0.15) is 5.84 Å². The highest BCUT2D eigenvalue weighted by Crippen LogP contribution is 2.26. The molecule has 0 aliphatic carbocycles. The van der Waals surface area contributed by atoms with Crippen LogP contribution in [0.4, 0.5) is 5.69 Å². The molecule has 4 rings (SSSR count). The normalized spacial score (nSPS) is 10.8. The van der Waals surface area contributed by atoms with Crippen molar-refractivity contribution in [1.82, 2.24) is 4.57 Å². The third-order valence-corrected chi connectivity index (χ3v) is 6.60. The number of aryl methyl sites for hydroxylation is 2. The summed E-state index contributed by atoms with van der Waals surface area (Å²) in [5, 5.41) is 8.23. The molecule has 0 atom stereocenters. The molecule has 200 valence electrons. The van der Waals surface area contributed by atoms with Gasteiger partial charge in [-0.3, -0.25) is 19.8 Å². The van der Waals surface area contributed by atoms with Gasteiger partial charge in [-0.2, -0.15) is 0 Å². The van der Waals surface area contributed by atoms with Crippen LogP contribution in [0.1, 0.15) is 51.6 Å². The van der Waals surface area contributed by atoms with Crippen molar-refractivity contribution >= 4 is 40.1 Å². The maximum atomic E-state index is 13.7. The number of Topliss-reactive ketones (excluding diaryl/α,β-unsaturated/α-hetero) is 1. The summed E-state index contributed by atoms with van der Waals surface area (Å²) in [6.45, 7) is 2.20. The molecule has 3 aromatic carbocycles. The van der Waals surface area contributed by atoms with Gasteiger partial charge in [0.2, 0.25) is 0 Å². The van der Waals surface area contributed by atoms with E-state index < -0.39 is 0 Å². The molecule has 0 aliphatic heterocycles. The molecule has 8 heteroatoms. The molecule has 0 unspecified atom stereocenters. The zero-order valence-corrected chi connectivity index (χ0v) is 22.1. The number of ether oxygens (including phenoxy) is 1. The van der Waals surface area contributed by atoms with Crippen molar-refractivity contribution in [3.63, 3.8) is 0 Å². The van der Waals surface area contributed by atoms with Crippen LogP contribution < -0.4 is 10.6 Å². The maximum absolute atomic E-state index is 13.7. The number of nitrogens with two attached hydrogens (primary N) is 1. The molecule has 1 aromatic heterocycles. The summed E-state index contributed by atoms with van der Waals surface area (Å²) in [4.78, 5) is 40.6. The molecule has 8 nitrogen and oxygen atoms in total. The fourth-order valence-electron chi connectivity index (χ4n) is 4.54. The largest absolute Gasteiger partial charge is 0.466 e. The highest BCUT2D eigenvalue weighted by Gasteiger charge is 2.22. The van der Waals surface area contributed by atoms with Crippen LogP contribution in [0.15, 0.2) is 79.0 Å². The zero-order chi connectivity index (χ0) is 27.9. The van der Waals surface area contributed by atoms with E-state index in [0.717, 1.165) is 11.1 Å². The van der Waals surface area contributed by atoms with E-state index in [2.05, 4.69) is 0 Å². The second-order valence-corrected chi connectivity index (χ2v) is 9.27. The summed E-state index contributed by atoms with van der Waals surface area (Å²) in [7, 11) is 1.87. The lowest BCUT2D eigenvalue weighted by Gasteiger charge is -2.23. The van der Waals surface area contributed by atoms with Crippen LogP contribution in [0.5, 0.6) is 0 Å². The smallest absolute Gasteiger partial charge is 0.307 e. The number of fused-ring (bicyclic) bond motifs is 1. The number of amides is 1. The number of para-hydroxylation sites is 1. The topological polar surface area (TPSA) is 118 Å². The number of aromatic nitrogens is 1. The third kappa shape index (κ3) is 6.41. The Labute approximate surface area is 227 Å². The number of hydrogen-bond acceptors (Lipinski definition) is 5. The minimum absolute atomic E-state index is 0.00505. The molecule has 1 amide bonds. The average molecular weight is 525 g/mol. The second-order valence-electron chi connectivity index (χ2n) is 9.27. The van der Waals surface area contributed by atoms with E-state index in [-0.39, 0.29) is 43.1 Å². The Hall–Kier alpha value is -4.72. The monoisotopic (exact) mass is 524 g/mol. The molecule has 0 bridgehead atoms. The summed E-state index contributed by atoms with van der Waals surface area (Å²) in [6, 6.07) is 21.8. The molecule has 0 saturated heterocycles. The van der Waals surface area contributed by atoms with Gasteiger partial charge in [0.05, 0.1) is 13.0 Å². The van der Waals surface area contributed by atoms with Crippen LogP contribution in [-0.2, 0) is 23.0 Å². The van der Waals surface area contributed by atoms with Crippen molar-refractivity contribution in [3.05, 3.63) is 101 Å². The summed E-state index contributed by atoms with van der Waals surface area (Å²) >= 11 is 0. The van der Waals surface area contributed by atoms with Gasteiger partial charge >= 0.3 is 5.97 Å². The average Bonchev–Trinajstić information content (AvgIpc) is 3.28. The number of carbonyl (C=O) groups is 3. The fraction of sp³-hybridized carbons (Fsp3) is 0.226. The van der Waals surface area contributed by atoms with E-state index in [1.807, 2.05) is 60.1 Å². The number of nitrogens with zero attached hydrogens (tertiary/aromatic N) is 2. The zero-order valence-electron chi connectivity index (χ0n) is 22.1. The Morgan fingerprint density at radius 3 is 2.31 bits per heavy atom. The van der Waals surface area contributed by atoms with E-state index >= 15 is 0 Å². The van der Waals surface area contributed by atoms with Gasteiger partial charge in [0.15, 0.2) is 5.78 Å². The summed E-state index contributed by atoms with van der Waals surface area (Å²) in [5.41, 5.74) is 9.64. The van der Waals surface area contributed by atoms with Gasteiger partial charge in [-0.15, -0.1) is 0 Å². The second kappa shape index (κ2) is 12.2. The van der Waals surface area contributed by atoms with Crippen LogP contribution in [0.3, 0.4) is 0 Å². The molecule has 1 heterocycles. The maximum Gasteiger partial charge on any atom is 0.307 e. The first kappa shape index (κ1) is 27.3. The SMILES string of the molecule is CCOC(=O)CCN(C(=O)c1ccc2c(c1)c(C(=O)CCc1ccc(C(=N)N)cc1)cn2C)c1ccccc1. The first-order chi connectivity index (χ1) is 18.8. The van der Waals surface area contributed by atoms with E-state index in [9.17, 15) is 14.4 Å². The predicted octanol–water partition coefficient (Wildman–Crippen LogP) is 4.88. The van der Waals surface area contributed by atoms with Crippen LogP contribution in [0.2, 0.25) is 0 Å². The van der Waals surface area contributed by atoms with Crippen LogP contribution >= 0.6 is 0 Å². The van der Waals surface area contributed by atoms with Crippen molar-refractivity contribution in [2.24, 2.45) is 12.8 Å². The molecule has 0 aliphatic rings. The van der Waals surface area contributed by atoms with E-state index in [0.29, 0.717) is 40.6 Å². The van der Waals surface area contributed by atoms with E-state index in [4.69, 9.17) is 15.9 Å². The van der Waals surface area contributed by atoms with E-state index in [1.54, 1.807) is 42.3 Å². The summed E-state index contributed by atoms with van der Waals surface area (Å²) in [6.07, 6.45) is 2.71. The third-order valence-electron chi connectivity index (χ3n) is 6.60. The predicted molar refractivity (Wildman–Crippen MR) is 152 cm³/mol. The summed E-state index contributed by atoms with van der Waals surface area (Å²) in [5.74, 6) is -0.651. The molecule has 0 saturated carbocycles. The highest BCUT2D eigenvalue weighted by atomic mass is 16.5. The number of amidine groups is 1. The van der Waals surface area contributed by atoms with Gasteiger partial charge in [0.25, 0.3) is 5.91 Å². The first-order valence-corrected chi connectivity index (χ1v) is 12.9. The van der Waals surface area contributed by atoms with Crippen LogP contribution in [-0.4, -0.2) is 41.2 Å². The molecule has 39 heavy (non-hydrogen) atoms. The van der Waals surface area contributed by atoms with Gasteiger partial charge in [-0.05, 0) is 49.2 Å². The van der Waals surface area contributed by atoms with Crippen LogP contribution in [0.25, 0.3) is 10.9 Å². The Morgan fingerprint density at radius 2 is 1.64 bits per heavy atom. The molecular weight excluding hydrogens is 492 g/mol. The quantitative estimate of drug-likeness (QED) is 0.125. The number of hydrogen-bond donors (Lipinski definition) is 2. The molecular formula is C31H32N4O4.